The third-order valence-corrected chi connectivity index (χ3v) is 2.85. The second-order valence-electron chi connectivity index (χ2n) is 4.76. The van der Waals surface area contributed by atoms with Gasteiger partial charge in [-0.25, -0.2) is 9.97 Å². The van der Waals surface area contributed by atoms with Crippen LogP contribution in [0.2, 0.25) is 0 Å². The summed E-state index contributed by atoms with van der Waals surface area (Å²) in [5, 5.41) is 18.4. The highest BCUT2D eigenvalue weighted by atomic mass is 16.5. The zero-order valence-corrected chi connectivity index (χ0v) is 11.6. The van der Waals surface area contributed by atoms with Crippen LogP contribution in [0.5, 0.6) is 11.5 Å². The fourth-order valence-electron chi connectivity index (χ4n) is 1.69. The van der Waals surface area contributed by atoms with Gasteiger partial charge in [-0.1, -0.05) is 26.0 Å². The molecule has 5 nitrogen and oxygen atoms in total. The van der Waals surface area contributed by atoms with Gasteiger partial charge >= 0.3 is 0 Å². The van der Waals surface area contributed by atoms with E-state index in [0.717, 1.165) is 5.56 Å². The second-order valence-corrected chi connectivity index (χ2v) is 4.76. The molecule has 0 amide bonds. The predicted octanol–water partition coefficient (Wildman–Crippen LogP) is 2.38. The largest absolute Gasteiger partial charge is 0.454 e. The number of nitrogens with zero attached hydrogens (tertiary/aromatic N) is 2. The van der Waals surface area contributed by atoms with Crippen molar-refractivity contribution in [2.45, 2.75) is 33.0 Å². The molecule has 1 aromatic carbocycles. The molecule has 0 spiro atoms. The average Bonchev–Trinajstić information content (AvgIpc) is 2.48. The topological polar surface area (TPSA) is 75.5 Å². The van der Waals surface area contributed by atoms with Crippen LogP contribution >= 0.6 is 0 Å². The van der Waals surface area contributed by atoms with Crippen LogP contribution in [0, 0.1) is 0 Å². The summed E-state index contributed by atoms with van der Waals surface area (Å²) in [6.45, 7) is 3.77. The maximum atomic E-state index is 9.38. The minimum absolute atomic E-state index is 0.00559. The molecule has 0 aliphatic carbocycles. The van der Waals surface area contributed by atoms with Crippen molar-refractivity contribution in [3.8, 4) is 11.5 Å². The first-order valence-corrected chi connectivity index (χ1v) is 6.48. The monoisotopic (exact) mass is 274 g/mol. The molecule has 0 fully saturated rings. The van der Waals surface area contributed by atoms with Crippen LogP contribution in [0.4, 0.5) is 0 Å². The Morgan fingerprint density at radius 3 is 2.35 bits per heavy atom. The van der Waals surface area contributed by atoms with Crippen LogP contribution in [0.25, 0.3) is 0 Å². The maximum absolute atomic E-state index is 9.38. The zero-order chi connectivity index (χ0) is 14.5. The SMILES string of the molecule is CC(C)c1ncc(Oc2ccc(CO)cc2)c(CO)n1. The summed E-state index contributed by atoms with van der Waals surface area (Å²) in [4.78, 5) is 8.52. The van der Waals surface area contributed by atoms with Crippen LogP contribution in [0.3, 0.4) is 0 Å². The van der Waals surface area contributed by atoms with Gasteiger partial charge in [0.1, 0.15) is 17.3 Å². The third kappa shape index (κ3) is 3.31. The van der Waals surface area contributed by atoms with Gasteiger partial charge in [0.25, 0.3) is 0 Å². The van der Waals surface area contributed by atoms with E-state index >= 15 is 0 Å². The lowest BCUT2D eigenvalue weighted by Crippen LogP contribution is -2.03. The summed E-state index contributed by atoms with van der Waals surface area (Å²) >= 11 is 0. The molecule has 0 unspecified atom stereocenters. The fourth-order valence-corrected chi connectivity index (χ4v) is 1.69. The van der Waals surface area contributed by atoms with Crippen molar-refractivity contribution in [3.05, 3.63) is 47.5 Å². The lowest BCUT2D eigenvalue weighted by atomic mass is 10.2. The molecule has 2 aromatic rings. The molecule has 0 saturated carbocycles. The number of ether oxygens (including phenoxy) is 1. The van der Waals surface area contributed by atoms with E-state index in [1.807, 2.05) is 13.8 Å². The molecule has 0 bridgehead atoms. The Labute approximate surface area is 117 Å². The van der Waals surface area contributed by atoms with Crippen molar-refractivity contribution in [2.75, 3.05) is 0 Å². The summed E-state index contributed by atoms with van der Waals surface area (Å²) in [7, 11) is 0. The van der Waals surface area contributed by atoms with E-state index in [-0.39, 0.29) is 19.1 Å². The lowest BCUT2D eigenvalue weighted by Gasteiger charge is -2.11. The molecule has 5 heteroatoms. The van der Waals surface area contributed by atoms with E-state index in [0.29, 0.717) is 23.0 Å². The molecule has 0 saturated heterocycles. The molecule has 2 rings (SSSR count). The number of aliphatic hydroxyl groups is 2. The minimum Gasteiger partial charge on any atom is -0.454 e. The Morgan fingerprint density at radius 1 is 1.10 bits per heavy atom. The molecule has 0 atom stereocenters. The first-order chi connectivity index (χ1) is 9.63. The summed E-state index contributed by atoms with van der Waals surface area (Å²) in [5.41, 5.74) is 1.28. The van der Waals surface area contributed by atoms with E-state index in [1.165, 1.54) is 0 Å². The van der Waals surface area contributed by atoms with Gasteiger partial charge in [0, 0.05) is 5.92 Å². The van der Waals surface area contributed by atoms with Crippen molar-refractivity contribution in [1.82, 2.24) is 9.97 Å². The first-order valence-electron chi connectivity index (χ1n) is 6.48. The van der Waals surface area contributed by atoms with E-state index in [4.69, 9.17) is 9.84 Å². The standard InChI is InChI=1S/C15H18N2O3/c1-10(2)15-16-7-14(13(9-19)17-15)20-12-5-3-11(8-18)4-6-12/h3-7,10,18-19H,8-9H2,1-2H3. The molecule has 0 aliphatic heterocycles. The van der Waals surface area contributed by atoms with Gasteiger partial charge in [-0.2, -0.15) is 0 Å². The second kappa shape index (κ2) is 6.45. The molecule has 106 valence electrons. The number of aromatic nitrogens is 2. The van der Waals surface area contributed by atoms with Crippen molar-refractivity contribution in [3.63, 3.8) is 0 Å². The number of hydrogen-bond acceptors (Lipinski definition) is 5. The van der Waals surface area contributed by atoms with E-state index < -0.39 is 0 Å². The Balaban J connectivity index is 2.23. The zero-order valence-electron chi connectivity index (χ0n) is 11.6. The van der Waals surface area contributed by atoms with Gasteiger partial charge in [-0.05, 0) is 17.7 Å². The van der Waals surface area contributed by atoms with Gasteiger partial charge < -0.3 is 14.9 Å². The smallest absolute Gasteiger partial charge is 0.169 e. The van der Waals surface area contributed by atoms with Gasteiger partial charge in [-0.3, -0.25) is 0 Å². The molecular formula is C15H18N2O3. The summed E-state index contributed by atoms with van der Waals surface area (Å²) in [5.74, 6) is 1.92. The Morgan fingerprint density at radius 2 is 1.80 bits per heavy atom. The lowest BCUT2D eigenvalue weighted by molar-refractivity contribution is 0.269. The summed E-state index contributed by atoms with van der Waals surface area (Å²) in [6.07, 6.45) is 1.58. The van der Waals surface area contributed by atoms with Crippen LogP contribution in [-0.2, 0) is 13.2 Å². The summed E-state index contributed by atoms with van der Waals surface area (Å²) < 4.78 is 5.67. The van der Waals surface area contributed by atoms with Crippen molar-refractivity contribution >= 4 is 0 Å². The normalized spacial score (nSPS) is 10.8. The Bertz CT molecular complexity index is 568. The van der Waals surface area contributed by atoms with Crippen molar-refractivity contribution < 1.29 is 14.9 Å². The average molecular weight is 274 g/mol. The Kier molecular flexibility index (Phi) is 4.65. The highest BCUT2D eigenvalue weighted by Crippen LogP contribution is 2.25. The molecule has 1 heterocycles. The highest BCUT2D eigenvalue weighted by Gasteiger charge is 2.11. The van der Waals surface area contributed by atoms with E-state index in [9.17, 15) is 5.11 Å². The third-order valence-electron chi connectivity index (χ3n) is 2.85. The van der Waals surface area contributed by atoms with Crippen LogP contribution < -0.4 is 4.74 Å². The minimum atomic E-state index is -0.202. The Hall–Kier alpha value is -1.98. The molecule has 2 N–H and O–H groups in total. The predicted molar refractivity (Wildman–Crippen MR) is 74.5 cm³/mol. The molecule has 0 radical (unpaired) electrons. The van der Waals surface area contributed by atoms with Gasteiger partial charge in [0.15, 0.2) is 5.75 Å². The maximum Gasteiger partial charge on any atom is 0.169 e. The molecule has 1 aromatic heterocycles. The number of rotatable bonds is 5. The summed E-state index contributed by atoms with van der Waals surface area (Å²) in [6, 6.07) is 7.06. The number of hydrogen-bond donors (Lipinski definition) is 2. The number of aliphatic hydroxyl groups excluding tert-OH is 2. The van der Waals surface area contributed by atoms with Crippen molar-refractivity contribution in [1.29, 1.82) is 0 Å². The molecule has 0 aliphatic rings. The van der Waals surface area contributed by atoms with Gasteiger partial charge in [0.05, 0.1) is 19.4 Å². The first kappa shape index (κ1) is 14.4. The van der Waals surface area contributed by atoms with Crippen LogP contribution in [0.15, 0.2) is 30.5 Å². The highest BCUT2D eigenvalue weighted by molar-refractivity contribution is 5.34. The van der Waals surface area contributed by atoms with E-state index in [2.05, 4.69) is 9.97 Å². The number of benzene rings is 1. The molecular weight excluding hydrogens is 256 g/mol. The van der Waals surface area contributed by atoms with Crippen LogP contribution in [-0.4, -0.2) is 20.2 Å². The van der Waals surface area contributed by atoms with Crippen molar-refractivity contribution in [2.24, 2.45) is 0 Å². The van der Waals surface area contributed by atoms with Crippen LogP contribution in [0.1, 0.15) is 36.8 Å². The molecule has 20 heavy (non-hydrogen) atoms. The van der Waals surface area contributed by atoms with Gasteiger partial charge in [0.2, 0.25) is 0 Å². The van der Waals surface area contributed by atoms with E-state index in [1.54, 1.807) is 30.5 Å². The quantitative estimate of drug-likeness (QED) is 0.875. The fraction of sp³-hybridized carbons (Fsp3) is 0.333. The van der Waals surface area contributed by atoms with Gasteiger partial charge in [-0.15, -0.1) is 0 Å².